The van der Waals surface area contributed by atoms with Crippen LogP contribution in [0.3, 0.4) is 0 Å². The van der Waals surface area contributed by atoms with Crippen molar-refractivity contribution in [3.63, 3.8) is 0 Å². The zero-order chi connectivity index (χ0) is 10.3. The quantitative estimate of drug-likeness (QED) is 0.697. The zero-order valence-corrected chi connectivity index (χ0v) is 8.00. The van der Waals surface area contributed by atoms with E-state index in [1.54, 1.807) is 0 Å². The van der Waals surface area contributed by atoms with E-state index < -0.39 is 0 Å². The molecule has 0 aliphatic rings. The Balaban J connectivity index is 2.79. The van der Waals surface area contributed by atoms with Crippen LogP contribution in [0, 0.1) is 6.92 Å². The maximum Gasteiger partial charge on any atom is 0.229 e. The number of ketones is 1. The summed E-state index contributed by atoms with van der Waals surface area (Å²) in [5.74, 6) is 0.0104. The van der Waals surface area contributed by atoms with Gasteiger partial charge in [-0.15, -0.1) is 0 Å². The highest BCUT2D eigenvalue weighted by molar-refractivity contribution is 6.04. The van der Waals surface area contributed by atoms with Crippen molar-refractivity contribution in [2.45, 2.75) is 13.8 Å². The van der Waals surface area contributed by atoms with E-state index in [1.807, 2.05) is 19.1 Å². The first-order valence-corrected chi connectivity index (χ1v) is 4.26. The molecule has 0 spiro atoms. The van der Waals surface area contributed by atoms with Crippen molar-refractivity contribution in [2.75, 3.05) is 5.73 Å². The minimum absolute atomic E-state index is 0.182. The van der Waals surface area contributed by atoms with Gasteiger partial charge in [-0.1, -0.05) is 0 Å². The highest BCUT2D eigenvalue weighted by atomic mass is 16.4. The van der Waals surface area contributed by atoms with E-state index in [2.05, 4.69) is 4.98 Å². The second kappa shape index (κ2) is 2.83. The number of nitrogens with zero attached hydrogens (tertiary/aromatic N) is 1. The molecule has 0 bridgehead atoms. The molecule has 0 fully saturated rings. The van der Waals surface area contributed by atoms with E-state index in [4.69, 9.17) is 10.2 Å². The summed E-state index contributed by atoms with van der Waals surface area (Å²) in [5, 5.41) is 0.695. The summed E-state index contributed by atoms with van der Waals surface area (Å²) in [5.41, 5.74) is 7.37. The third-order valence-electron chi connectivity index (χ3n) is 2.05. The van der Waals surface area contributed by atoms with E-state index in [0.29, 0.717) is 16.8 Å². The molecule has 0 atom stereocenters. The minimum atomic E-state index is -0.182. The van der Waals surface area contributed by atoms with Gasteiger partial charge in [-0.3, -0.25) is 4.79 Å². The van der Waals surface area contributed by atoms with Gasteiger partial charge < -0.3 is 10.2 Å². The van der Waals surface area contributed by atoms with Gasteiger partial charge in [0.1, 0.15) is 0 Å². The van der Waals surface area contributed by atoms with Gasteiger partial charge >= 0.3 is 0 Å². The van der Waals surface area contributed by atoms with Crippen LogP contribution >= 0.6 is 0 Å². The first-order valence-electron chi connectivity index (χ1n) is 4.26. The van der Waals surface area contributed by atoms with Crippen LogP contribution in [-0.2, 0) is 0 Å². The molecule has 2 aromatic rings. The van der Waals surface area contributed by atoms with Gasteiger partial charge in [0.05, 0.1) is 11.1 Å². The number of nitrogen functional groups attached to an aromatic ring is 1. The lowest BCUT2D eigenvalue weighted by molar-refractivity contribution is 0.0990. The molecule has 14 heavy (non-hydrogen) atoms. The molecule has 2 N–H and O–H groups in total. The average Bonchev–Trinajstić information content (AvgIpc) is 2.43. The van der Waals surface area contributed by atoms with Crippen molar-refractivity contribution < 1.29 is 9.21 Å². The van der Waals surface area contributed by atoms with E-state index in [9.17, 15) is 4.79 Å². The standard InChI is InChI=1S/C10H10N2O2/c1-5-3-4-7-8(11)9(6(2)13)14-10(7)12-5/h3-4H,11H2,1-2H3. The van der Waals surface area contributed by atoms with Gasteiger partial charge in [0.15, 0.2) is 11.5 Å². The van der Waals surface area contributed by atoms with Crippen molar-refractivity contribution in [3.8, 4) is 0 Å². The number of carbonyl (C=O) groups is 1. The second-order valence-electron chi connectivity index (χ2n) is 3.21. The van der Waals surface area contributed by atoms with Crippen molar-refractivity contribution in [1.82, 2.24) is 4.98 Å². The third kappa shape index (κ3) is 1.16. The SMILES string of the molecule is CC(=O)c1oc2nc(C)ccc2c1N. The van der Waals surface area contributed by atoms with Crippen LogP contribution in [-0.4, -0.2) is 10.8 Å². The monoisotopic (exact) mass is 190 g/mol. The number of hydrogen-bond acceptors (Lipinski definition) is 4. The highest BCUT2D eigenvalue weighted by Gasteiger charge is 2.15. The number of aromatic nitrogens is 1. The summed E-state index contributed by atoms with van der Waals surface area (Å²) in [4.78, 5) is 15.3. The minimum Gasteiger partial charge on any atom is -0.432 e. The summed E-state index contributed by atoms with van der Waals surface area (Å²) in [7, 11) is 0. The number of fused-ring (bicyclic) bond motifs is 1. The van der Waals surface area contributed by atoms with Crippen LogP contribution in [0.5, 0.6) is 0 Å². The molecule has 0 aromatic carbocycles. The van der Waals surface area contributed by atoms with Crippen LogP contribution in [0.4, 0.5) is 5.69 Å². The summed E-state index contributed by atoms with van der Waals surface area (Å²) in [6, 6.07) is 3.64. The lowest BCUT2D eigenvalue weighted by Gasteiger charge is -1.90. The molecule has 2 aromatic heterocycles. The van der Waals surface area contributed by atoms with Gasteiger partial charge in [0, 0.05) is 12.6 Å². The van der Waals surface area contributed by atoms with Crippen molar-refractivity contribution >= 4 is 22.6 Å². The Morgan fingerprint density at radius 2 is 2.21 bits per heavy atom. The number of hydrogen-bond donors (Lipinski definition) is 1. The van der Waals surface area contributed by atoms with Crippen LogP contribution in [0.15, 0.2) is 16.5 Å². The molecule has 0 unspecified atom stereocenters. The largest absolute Gasteiger partial charge is 0.432 e. The Labute approximate surface area is 80.7 Å². The van der Waals surface area contributed by atoms with Crippen molar-refractivity contribution in [3.05, 3.63) is 23.6 Å². The van der Waals surface area contributed by atoms with Gasteiger partial charge in [-0.25, -0.2) is 4.98 Å². The topological polar surface area (TPSA) is 69.1 Å². The van der Waals surface area contributed by atoms with Gasteiger partial charge in [0.25, 0.3) is 0 Å². The fourth-order valence-electron chi connectivity index (χ4n) is 1.35. The van der Waals surface area contributed by atoms with Crippen LogP contribution < -0.4 is 5.73 Å². The van der Waals surface area contributed by atoms with Crippen molar-refractivity contribution in [2.24, 2.45) is 0 Å². The summed E-state index contributed by atoms with van der Waals surface area (Å²) in [6.07, 6.45) is 0. The number of rotatable bonds is 1. The second-order valence-corrected chi connectivity index (χ2v) is 3.21. The molecule has 0 amide bonds. The predicted octanol–water partition coefficient (Wildman–Crippen LogP) is 1.92. The first-order chi connectivity index (χ1) is 6.59. The van der Waals surface area contributed by atoms with Crippen molar-refractivity contribution in [1.29, 1.82) is 0 Å². The molecule has 2 rings (SSSR count). The number of pyridine rings is 1. The molecule has 0 radical (unpaired) electrons. The fourth-order valence-corrected chi connectivity index (χ4v) is 1.35. The van der Waals surface area contributed by atoms with E-state index in [-0.39, 0.29) is 11.5 Å². The van der Waals surface area contributed by atoms with Crippen LogP contribution in [0.2, 0.25) is 0 Å². The molecule has 0 aliphatic heterocycles. The molecule has 0 saturated heterocycles. The molecular weight excluding hydrogens is 180 g/mol. The maximum absolute atomic E-state index is 11.1. The number of carbonyl (C=O) groups excluding carboxylic acids is 1. The van der Waals surface area contributed by atoms with E-state index in [0.717, 1.165) is 5.69 Å². The molecule has 2 heterocycles. The molecule has 0 aliphatic carbocycles. The number of anilines is 1. The van der Waals surface area contributed by atoms with E-state index >= 15 is 0 Å². The van der Waals surface area contributed by atoms with Crippen LogP contribution in [0.1, 0.15) is 23.2 Å². The third-order valence-corrected chi connectivity index (χ3v) is 2.05. The summed E-state index contributed by atoms with van der Waals surface area (Å²) in [6.45, 7) is 3.27. The molecule has 72 valence electrons. The average molecular weight is 190 g/mol. The predicted molar refractivity (Wildman–Crippen MR) is 53.2 cm³/mol. The number of furan rings is 1. The Kier molecular flexibility index (Phi) is 1.77. The van der Waals surface area contributed by atoms with E-state index in [1.165, 1.54) is 6.92 Å². The normalized spacial score (nSPS) is 10.7. The van der Waals surface area contributed by atoms with Gasteiger partial charge in [-0.05, 0) is 19.1 Å². The van der Waals surface area contributed by atoms with Gasteiger partial charge in [0.2, 0.25) is 5.71 Å². The first kappa shape index (κ1) is 8.74. The Hall–Kier alpha value is -1.84. The lowest BCUT2D eigenvalue weighted by Crippen LogP contribution is -1.94. The molecular formula is C10H10N2O2. The number of aryl methyl sites for hydroxylation is 1. The Morgan fingerprint density at radius 3 is 2.86 bits per heavy atom. The number of Topliss-reactive ketones (excluding diaryl/α,β-unsaturated/α-hetero) is 1. The summed E-state index contributed by atoms with van der Waals surface area (Å²) < 4.78 is 5.26. The highest BCUT2D eigenvalue weighted by Crippen LogP contribution is 2.27. The Morgan fingerprint density at radius 1 is 1.50 bits per heavy atom. The maximum atomic E-state index is 11.1. The fraction of sp³-hybridized carbons (Fsp3) is 0.200. The lowest BCUT2D eigenvalue weighted by atomic mass is 10.2. The summed E-state index contributed by atoms with van der Waals surface area (Å²) >= 11 is 0. The van der Waals surface area contributed by atoms with Gasteiger partial charge in [-0.2, -0.15) is 0 Å². The molecule has 4 nitrogen and oxygen atoms in total. The zero-order valence-electron chi connectivity index (χ0n) is 8.00. The molecule has 0 saturated carbocycles. The molecule has 4 heteroatoms. The smallest absolute Gasteiger partial charge is 0.229 e. The van der Waals surface area contributed by atoms with Crippen LogP contribution in [0.25, 0.3) is 11.1 Å². The number of nitrogens with two attached hydrogens (primary N) is 1. The Bertz CT molecular complexity index is 514.